The summed E-state index contributed by atoms with van der Waals surface area (Å²) in [4.78, 5) is 0. The van der Waals surface area contributed by atoms with Crippen LogP contribution in [-0.2, 0) is 50.1 Å². The minimum absolute atomic E-state index is 0. The van der Waals surface area contributed by atoms with Gasteiger partial charge in [-0.1, -0.05) is 0 Å². The van der Waals surface area contributed by atoms with Crippen LogP contribution >= 0.6 is 0 Å². The molecule has 0 aliphatic heterocycles. The standard InChI is InChI=1S/2C14H17F4O4.2C5H5.Ti/c2*1-2-19-3-4-20-5-6-21-7-8-22-14-12(17)10(15)9-11(16)13(14)18;2*1-2-4-5-3-1;/h2*2-8H2,1H3;2*1-3H,4H2;/q4*-1;+4. The fourth-order valence-corrected chi connectivity index (χ4v) is 3.51. The first-order valence-corrected chi connectivity index (χ1v) is 16.8. The van der Waals surface area contributed by atoms with Gasteiger partial charge in [0.2, 0.25) is 0 Å². The third-order valence-corrected chi connectivity index (χ3v) is 6.02. The van der Waals surface area contributed by atoms with Gasteiger partial charge in [-0.25, -0.2) is 41.9 Å². The molecule has 0 atom stereocenters. The molecule has 17 heteroatoms. The predicted molar refractivity (Wildman–Crippen MR) is 181 cm³/mol. The maximum absolute atomic E-state index is 13.2. The Labute approximate surface area is 331 Å². The van der Waals surface area contributed by atoms with Crippen molar-refractivity contribution < 1.29 is 94.7 Å². The van der Waals surface area contributed by atoms with E-state index in [0.717, 1.165) is 12.8 Å². The van der Waals surface area contributed by atoms with Crippen molar-refractivity contribution in [3.05, 3.63) is 107 Å². The Morgan fingerprint density at radius 3 is 0.927 bits per heavy atom. The molecule has 0 amide bonds. The third kappa shape index (κ3) is 24.2. The Morgan fingerprint density at radius 1 is 0.436 bits per heavy atom. The van der Waals surface area contributed by atoms with E-state index in [9.17, 15) is 35.1 Å². The zero-order chi connectivity index (χ0) is 39.8. The van der Waals surface area contributed by atoms with Crippen LogP contribution in [0.25, 0.3) is 0 Å². The molecular weight excluding hydrogens is 784 g/mol. The molecule has 8 nitrogen and oxygen atoms in total. The maximum Gasteiger partial charge on any atom is 4.00 e. The summed E-state index contributed by atoms with van der Waals surface area (Å²) in [6.45, 7) is 7.36. The van der Waals surface area contributed by atoms with Crippen molar-refractivity contribution in [2.75, 3.05) is 92.5 Å². The molecule has 0 N–H and O–H groups in total. The van der Waals surface area contributed by atoms with Gasteiger partial charge in [0, 0.05) is 13.2 Å². The molecule has 2 aromatic carbocycles. The van der Waals surface area contributed by atoms with Crippen molar-refractivity contribution in [1.29, 1.82) is 0 Å². The van der Waals surface area contributed by atoms with E-state index in [4.69, 9.17) is 28.4 Å². The smallest absolute Gasteiger partial charge is 0.511 e. The van der Waals surface area contributed by atoms with Gasteiger partial charge in [0.1, 0.15) is 13.2 Å². The molecule has 2 aromatic rings. The molecule has 0 radical (unpaired) electrons. The van der Waals surface area contributed by atoms with Crippen LogP contribution in [0.5, 0.6) is 11.5 Å². The second kappa shape index (κ2) is 34.2. The van der Waals surface area contributed by atoms with Crippen LogP contribution in [-0.4, -0.2) is 92.5 Å². The molecule has 2 aliphatic rings. The fraction of sp³-hybridized carbons (Fsp3) is 0.474. The summed E-state index contributed by atoms with van der Waals surface area (Å²) in [6.07, 6.45) is 20.0. The minimum Gasteiger partial charge on any atom is -0.511 e. The van der Waals surface area contributed by atoms with Gasteiger partial charge >= 0.3 is 21.7 Å². The van der Waals surface area contributed by atoms with Crippen LogP contribution in [0.4, 0.5) is 35.1 Å². The summed E-state index contributed by atoms with van der Waals surface area (Å²) < 4.78 is 144. The number of allylic oxidation sites excluding steroid dienone is 8. The largest absolute Gasteiger partial charge is 4.00 e. The van der Waals surface area contributed by atoms with E-state index in [2.05, 4.69) is 33.8 Å². The number of benzene rings is 2. The van der Waals surface area contributed by atoms with Crippen molar-refractivity contribution in [1.82, 2.24) is 0 Å². The fourth-order valence-electron chi connectivity index (χ4n) is 3.51. The zero-order valence-electron chi connectivity index (χ0n) is 30.6. The first kappa shape index (κ1) is 51.9. The topological polar surface area (TPSA) is 73.8 Å². The molecule has 0 saturated carbocycles. The molecule has 304 valence electrons. The number of ether oxygens (including phenoxy) is 8. The van der Waals surface area contributed by atoms with Gasteiger partial charge in [-0.05, 0) is 13.8 Å². The van der Waals surface area contributed by atoms with E-state index in [0.29, 0.717) is 52.9 Å². The summed E-state index contributed by atoms with van der Waals surface area (Å²) in [5.74, 6) is -15.3. The predicted octanol–water partition coefficient (Wildman–Crippen LogP) is 7.59. The van der Waals surface area contributed by atoms with E-state index >= 15 is 0 Å². The number of hydrogen-bond acceptors (Lipinski definition) is 8. The molecule has 0 spiro atoms. The van der Waals surface area contributed by atoms with Gasteiger partial charge < -0.3 is 37.9 Å². The Bertz CT molecular complexity index is 1250. The van der Waals surface area contributed by atoms with Crippen LogP contribution in [0.15, 0.2) is 36.5 Å². The third-order valence-electron chi connectivity index (χ3n) is 6.02. The molecule has 0 aromatic heterocycles. The van der Waals surface area contributed by atoms with Crippen LogP contribution < -0.4 is 9.47 Å². The monoisotopic (exact) mass is 828 g/mol. The van der Waals surface area contributed by atoms with Crippen LogP contribution in [0.1, 0.15) is 26.7 Å². The van der Waals surface area contributed by atoms with Gasteiger partial charge in [0.05, 0.1) is 124 Å². The molecule has 0 unspecified atom stereocenters. The van der Waals surface area contributed by atoms with Crippen molar-refractivity contribution in [3.63, 3.8) is 0 Å². The Kier molecular flexibility index (Phi) is 32.3. The molecular formula is C38H44F8O8Ti. The Morgan fingerprint density at radius 2 is 0.709 bits per heavy atom. The quantitative estimate of drug-likeness (QED) is 0.0396. The first-order chi connectivity index (χ1) is 26.1. The Hall–Kier alpha value is -3.09. The van der Waals surface area contributed by atoms with Gasteiger partial charge in [-0.3, -0.25) is 29.7 Å². The average molecular weight is 829 g/mol. The second-order valence-corrected chi connectivity index (χ2v) is 9.97. The molecule has 4 rings (SSSR count). The molecule has 0 bridgehead atoms. The SMILES string of the molecule is CCOCCOCCOCCOc1c(F)c(F)[c-]c(F)c1F.CCOCCOCCOCCOc1c(F)c(F)[c-]c(F)c1F.[C-]1=CC=CC1.[C-]1=CC=CC1.[Ti+4]. The van der Waals surface area contributed by atoms with Gasteiger partial charge in [-0.15, -0.1) is 25.0 Å². The van der Waals surface area contributed by atoms with Crippen molar-refractivity contribution in [2.24, 2.45) is 0 Å². The molecule has 0 fully saturated rings. The van der Waals surface area contributed by atoms with E-state index in [-0.39, 0.29) is 61.4 Å². The number of rotatable bonds is 22. The van der Waals surface area contributed by atoms with Gasteiger partial charge in [0.15, 0.2) is 0 Å². The minimum atomic E-state index is -1.64. The molecule has 0 heterocycles. The number of hydrogen-bond donors (Lipinski definition) is 0. The van der Waals surface area contributed by atoms with E-state index < -0.39 is 58.0 Å². The molecule has 2 aliphatic carbocycles. The van der Waals surface area contributed by atoms with Crippen molar-refractivity contribution >= 4 is 0 Å². The summed E-state index contributed by atoms with van der Waals surface area (Å²) >= 11 is 0. The van der Waals surface area contributed by atoms with Crippen LogP contribution in [0.2, 0.25) is 0 Å². The summed E-state index contributed by atoms with van der Waals surface area (Å²) in [5.41, 5.74) is 0. The van der Waals surface area contributed by atoms with Crippen molar-refractivity contribution in [3.8, 4) is 11.5 Å². The number of halogens is 8. The van der Waals surface area contributed by atoms with E-state index in [1.165, 1.54) is 12.1 Å². The first-order valence-electron chi connectivity index (χ1n) is 16.8. The van der Waals surface area contributed by atoms with E-state index in [1.807, 2.05) is 38.2 Å². The van der Waals surface area contributed by atoms with Crippen LogP contribution in [0, 0.1) is 70.8 Å². The summed E-state index contributed by atoms with van der Waals surface area (Å²) in [5, 5.41) is 0. The van der Waals surface area contributed by atoms with Crippen LogP contribution in [0.3, 0.4) is 0 Å². The Balaban J connectivity index is 0.000000828. The van der Waals surface area contributed by atoms with E-state index in [1.54, 1.807) is 0 Å². The van der Waals surface area contributed by atoms with Gasteiger partial charge in [-0.2, -0.15) is 12.2 Å². The molecule has 55 heavy (non-hydrogen) atoms. The second-order valence-electron chi connectivity index (χ2n) is 9.97. The zero-order valence-corrected chi connectivity index (χ0v) is 32.1. The average Bonchev–Trinajstić information content (AvgIpc) is 3.95. The normalized spacial score (nSPS) is 12.0. The molecule has 0 saturated heterocycles. The summed E-state index contributed by atoms with van der Waals surface area (Å²) in [6, 6.07) is 2.53. The van der Waals surface area contributed by atoms with Crippen molar-refractivity contribution in [2.45, 2.75) is 26.7 Å². The summed E-state index contributed by atoms with van der Waals surface area (Å²) in [7, 11) is 0. The maximum atomic E-state index is 13.2. The van der Waals surface area contributed by atoms with Gasteiger partial charge in [0.25, 0.3) is 0 Å².